The van der Waals surface area contributed by atoms with Gasteiger partial charge in [0, 0.05) is 0 Å². The van der Waals surface area contributed by atoms with Crippen molar-refractivity contribution in [2.75, 3.05) is 6.61 Å². The van der Waals surface area contributed by atoms with Gasteiger partial charge in [-0.15, -0.1) is 0 Å². The Kier molecular flexibility index (Phi) is 44.6. The van der Waals surface area contributed by atoms with Crippen molar-refractivity contribution in [2.24, 2.45) is 0 Å². The minimum atomic E-state index is -0.949. The number of nitrogens with one attached hydrogen (secondary N) is 1. The van der Waals surface area contributed by atoms with Gasteiger partial charge in [0.15, 0.2) is 0 Å². The van der Waals surface area contributed by atoms with Crippen molar-refractivity contribution in [3.8, 4) is 0 Å². The SMILES string of the molecule is CCCCCCCCCCCCCCCCCCC/C=C/CC/C=C/C(O)C(CO)NC(=O)CC(O)CCCCCCCCCCCCCCCCCCC. The highest BCUT2D eigenvalue weighted by Crippen LogP contribution is 2.17. The fraction of sp³-hybridized carbons (Fsp3) is 0.900. The van der Waals surface area contributed by atoms with E-state index in [2.05, 4.69) is 31.3 Å². The molecule has 0 aromatic rings. The number of carbonyl (C=O) groups excluding carboxylic acids is 1. The third kappa shape index (κ3) is 42.3. The number of aliphatic hydroxyl groups excluding tert-OH is 3. The summed E-state index contributed by atoms with van der Waals surface area (Å²) in [5.74, 6) is -0.321. The van der Waals surface area contributed by atoms with Gasteiger partial charge in [0.1, 0.15) is 0 Å². The molecule has 0 aliphatic heterocycles. The first kappa shape index (κ1) is 53.8. The zero-order valence-corrected chi connectivity index (χ0v) is 37.1. The van der Waals surface area contributed by atoms with E-state index in [1.807, 2.05) is 6.08 Å². The lowest BCUT2D eigenvalue weighted by molar-refractivity contribution is -0.124. The van der Waals surface area contributed by atoms with E-state index in [0.29, 0.717) is 6.42 Å². The smallest absolute Gasteiger partial charge is 0.222 e. The van der Waals surface area contributed by atoms with Crippen LogP contribution in [0, 0.1) is 0 Å². The number of aliphatic hydroxyl groups is 3. The number of rotatable bonds is 45. The molecule has 55 heavy (non-hydrogen) atoms. The van der Waals surface area contributed by atoms with Crippen molar-refractivity contribution in [3.05, 3.63) is 24.3 Å². The van der Waals surface area contributed by atoms with Gasteiger partial charge in [-0.1, -0.05) is 250 Å². The van der Waals surface area contributed by atoms with Gasteiger partial charge in [0.2, 0.25) is 5.91 Å². The predicted octanol–water partition coefficient (Wildman–Crippen LogP) is 14.6. The molecule has 3 atom stereocenters. The molecule has 0 heterocycles. The van der Waals surface area contributed by atoms with E-state index in [1.54, 1.807) is 6.08 Å². The van der Waals surface area contributed by atoms with Gasteiger partial charge >= 0.3 is 0 Å². The van der Waals surface area contributed by atoms with Crippen molar-refractivity contribution in [1.82, 2.24) is 5.32 Å². The Hall–Kier alpha value is -1.17. The average molecular weight is 776 g/mol. The molecule has 5 nitrogen and oxygen atoms in total. The molecule has 0 rings (SSSR count). The zero-order chi connectivity index (χ0) is 40.1. The summed E-state index contributed by atoms with van der Waals surface area (Å²) in [5, 5.41) is 33.3. The molecule has 3 unspecified atom stereocenters. The van der Waals surface area contributed by atoms with Crippen LogP contribution in [0.15, 0.2) is 24.3 Å². The number of hydrogen-bond acceptors (Lipinski definition) is 4. The molecule has 0 aromatic carbocycles. The maximum atomic E-state index is 12.5. The Morgan fingerprint density at radius 2 is 0.782 bits per heavy atom. The number of hydrogen-bond donors (Lipinski definition) is 4. The third-order valence-corrected chi connectivity index (χ3v) is 11.5. The van der Waals surface area contributed by atoms with Crippen LogP contribution in [0.5, 0.6) is 0 Å². The maximum absolute atomic E-state index is 12.5. The highest BCUT2D eigenvalue weighted by atomic mass is 16.3. The van der Waals surface area contributed by atoms with E-state index in [0.717, 1.165) is 32.1 Å². The minimum absolute atomic E-state index is 0.00995. The molecule has 0 aromatic heterocycles. The molecule has 0 spiro atoms. The van der Waals surface area contributed by atoms with Crippen LogP contribution in [-0.4, -0.2) is 46.1 Å². The molecule has 4 N–H and O–H groups in total. The van der Waals surface area contributed by atoms with Crippen molar-refractivity contribution >= 4 is 5.91 Å². The second-order valence-electron chi connectivity index (χ2n) is 17.1. The summed E-state index contributed by atoms with van der Waals surface area (Å²) in [6.45, 7) is 4.23. The number of amides is 1. The van der Waals surface area contributed by atoms with Gasteiger partial charge in [-0.05, 0) is 32.1 Å². The molecule has 0 fully saturated rings. The van der Waals surface area contributed by atoms with Gasteiger partial charge in [0.05, 0.1) is 31.3 Å². The Balaban J connectivity index is 3.64. The fourth-order valence-electron chi connectivity index (χ4n) is 7.71. The van der Waals surface area contributed by atoms with E-state index in [-0.39, 0.29) is 18.9 Å². The van der Waals surface area contributed by atoms with Crippen LogP contribution in [0.4, 0.5) is 0 Å². The molecular formula is C50H97NO4. The van der Waals surface area contributed by atoms with Crippen molar-refractivity contribution < 1.29 is 20.1 Å². The first-order chi connectivity index (χ1) is 27.0. The van der Waals surface area contributed by atoms with Crippen LogP contribution in [0.1, 0.15) is 264 Å². The normalized spacial score (nSPS) is 13.6. The molecule has 0 saturated carbocycles. The summed E-state index contributed by atoms with van der Waals surface area (Å²) in [7, 11) is 0. The highest BCUT2D eigenvalue weighted by molar-refractivity contribution is 5.76. The summed E-state index contributed by atoms with van der Waals surface area (Å²) in [4.78, 5) is 12.5. The molecule has 0 saturated heterocycles. The maximum Gasteiger partial charge on any atom is 0.222 e. The van der Waals surface area contributed by atoms with E-state index < -0.39 is 18.2 Å². The molecule has 5 heteroatoms. The van der Waals surface area contributed by atoms with Crippen molar-refractivity contribution in [2.45, 2.75) is 283 Å². The highest BCUT2D eigenvalue weighted by Gasteiger charge is 2.20. The topological polar surface area (TPSA) is 89.8 Å². The second-order valence-corrected chi connectivity index (χ2v) is 17.1. The van der Waals surface area contributed by atoms with Crippen molar-refractivity contribution in [3.63, 3.8) is 0 Å². The van der Waals surface area contributed by atoms with Crippen LogP contribution in [0.25, 0.3) is 0 Å². The zero-order valence-electron chi connectivity index (χ0n) is 37.1. The number of allylic oxidation sites excluding steroid dienone is 3. The van der Waals surface area contributed by atoms with Gasteiger partial charge < -0.3 is 20.6 Å². The quantitative estimate of drug-likeness (QED) is 0.0366. The summed E-state index contributed by atoms with van der Waals surface area (Å²) in [6.07, 6.45) is 56.3. The first-order valence-electron chi connectivity index (χ1n) is 24.6. The monoisotopic (exact) mass is 776 g/mol. The van der Waals surface area contributed by atoms with Gasteiger partial charge in [-0.3, -0.25) is 4.79 Å². The van der Waals surface area contributed by atoms with Crippen LogP contribution in [0.3, 0.4) is 0 Å². The standard InChI is InChI=1S/C50H97NO4/c1-3-5-7-9-11-13-15-17-19-21-22-23-24-25-26-28-30-32-34-36-38-40-42-44-49(54)48(46-52)51-50(55)45-47(53)43-41-39-37-35-33-31-29-27-20-18-16-14-12-10-8-6-4-2/h34,36,42,44,47-49,52-54H,3-33,35,37-41,43,45-46H2,1-2H3,(H,51,55)/b36-34+,44-42+. The van der Waals surface area contributed by atoms with Crippen LogP contribution < -0.4 is 5.32 Å². The molecule has 0 bridgehead atoms. The molecule has 326 valence electrons. The number of unbranched alkanes of at least 4 members (excludes halogenated alkanes) is 34. The molecule has 0 aliphatic rings. The fourth-order valence-corrected chi connectivity index (χ4v) is 7.71. The Labute approximate surface area is 343 Å². The first-order valence-corrected chi connectivity index (χ1v) is 24.6. The lowest BCUT2D eigenvalue weighted by Gasteiger charge is -2.21. The molecule has 0 aliphatic carbocycles. The molecule has 0 radical (unpaired) electrons. The van der Waals surface area contributed by atoms with Gasteiger partial charge in [-0.2, -0.15) is 0 Å². The third-order valence-electron chi connectivity index (χ3n) is 11.5. The summed E-state index contributed by atoms with van der Waals surface area (Å²) in [5.41, 5.74) is 0. The summed E-state index contributed by atoms with van der Waals surface area (Å²) >= 11 is 0. The Bertz CT molecular complexity index is 814. The van der Waals surface area contributed by atoms with E-state index in [4.69, 9.17) is 0 Å². The largest absolute Gasteiger partial charge is 0.394 e. The van der Waals surface area contributed by atoms with E-state index >= 15 is 0 Å². The Morgan fingerprint density at radius 1 is 0.455 bits per heavy atom. The van der Waals surface area contributed by atoms with Crippen LogP contribution in [0.2, 0.25) is 0 Å². The summed E-state index contributed by atoms with van der Waals surface area (Å²) < 4.78 is 0. The molecule has 1 amide bonds. The van der Waals surface area contributed by atoms with Gasteiger partial charge in [-0.25, -0.2) is 0 Å². The lowest BCUT2D eigenvalue weighted by atomic mass is 10.0. The predicted molar refractivity (Wildman–Crippen MR) is 241 cm³/mol. The van der Waals surface area contributed by atoms with Gasteiger partial charge in [0.25, 0.3) is 0 Å². The Morgan fingerprint density at radius 3 is 1.16 bits per heavy atom. The second kappa shape index (κ2) is 45.5. The van der Waals surface area contributed by atoms with E-state index in [9.17, 15) is 20.1 Å². The minimum Gasteiger partial charge on any atom is -0.394 e. The van der Waals surface area contributed by atoms with Crippen LogP contribution >= 0.6 is 0 Å². The lowest BCUT2D eigenvalue weighted by Crippen LogP contribution is -2.45. The van der Waals surface area contributed by atoms with E-state index in [1.165, 1.54) is 205 Å². The summed E-state index contributed by atoms with van der Waals surface area (Å²) in [6, 6.07) is -0.758. The number of carbonyl (C=O) groups is 1. The van der Waals surface area contributed by atoms with Crippen LogP contribution in [-0.2, 0) is 4.79 Å². The van der Waals surface area contributed by atoms with Crippen molar-refractivity contribution in [1.29, 1.82) is 0 Å². The molecular weight excluding hydrogens is 679 g/mol. The average Bonchev–Trinajstić information content (AvgIpc) is 3.18.